The summed E-state index contributed by atoms with van der Waals surface area (Å²) < 4.78 is 47.2. The summed E-state index contributed by atoms with van der Waals surface area (Å²) >= 11 is 0. The molecule has 2 N–H and O–H groups in total. The van der Waals surface area contributed by atoms with Crippen molar-refractivity contribution < 1.29 is 27.4 Å². The van der Waals surface area contributed by atoms with E-state index < -0.39 is 18.5 Å². The van der Waals surface area contributed by atoms with Gasteiger partial charge in [-0.3, -0.25) is 0 Å². The number of carbonyl (C=O) groups excluding carboxylic acids is 1. The van der Waals surface area contributed by atoms with Gasteiger partial charge >= 0.3 is 12.6 Å². The number of rotatable bonds is 5. The van der Waals surface area contributed by atoms with Crippen LogP contribution in [0.25, 0.3) is 0 Å². The predicted octanol–water partition coefficient (Wildman–Crippen LogP) is 3.12. The highest BCUT2D eigenvalue weighted by Gasteiger charge is 2.26. The van der Waals surface area contributed by atoms with Gasteiger partial charge in [-0.2, -0.15) is 8.78 Å². The fraction of sp³-hybridized carbons (Fsp3) is 0.500. The molecule has 0 bridgehead atoms. The SMILES string of the molecule is COC1CCC(NC(=O)Nc2cc(F)ccc2OC(F)F)C1. The summed E-state index contributed by atoms with van der Waals surface area (Å²) in [6, 6.07) is 2.25. The van der Waals surface area contributed by atoms with Crippen LogP contribution in [0, 0.1) is 5.82 Å². The zero-order valence-corrected chi connectivity index (χ0v) is 11.9. The fourth-order valence-corrected chi connectivity index (χ4v) is 2.43. The van der Waals surface area contributed by atoms with Crippen LogP contribution in [0.3, 0.4) is 0 Å². The predicted molar refractivity (Wildman–Crippen MR) is 73.6 cm³/mol. The summed E-state index contributed by atoms with van der Waals surface area (Å²) in [5.74, 6) is -0.968. The molecule has 22 heavy (non-hydrogen) atoms. The third kappa shape index (κ3) is 4.52. The van der Waals surface area contributed by atoms with Crippen LogP contribution in [0.1, 0.15) is 19.3 Å². The Kier molecular flexibility index (Phi) is 5.48. The van der Waals surface area contributed by atoms with Gasteiger partial charge in [-0.1, -0.05) is 0 Å². The summed E-state index contributed by atoms with van der Waals surface area (Å²) in [5, 5.41) is 5.02. The normalized spacial score (nSPS) is 21.0. The van der Waals surface area contributed by atoms with Crippen LogP contribution >= 0.6 is 0 Å². The maximum Gasteiger partial charge on any atom is 0.387 e. The molecule has 2 amide bonds. The maximum absolute atomic E-state index is 13.2. The number of methoxy groups -OCH3 is 1. The van der Waals surface area contributed by atoms with Gasteiger partial charge in [-0.05, 0) is 31.4 Å². The van der Waals surface area contributed by atoms with Crippen LogP contribution in [-0.2, 0) is 4.74 Å². The number of anilines is 1. The minimum atomic E-state index is -3.06. The molecule has 2 atom stereocenters. The second-order valence-corrected chi connectivity index (χ2v) is 4.99. The van der Waals surface area contributed by atoms with Gasteiger partial charge in [0.15, 0.2) is 0 Å². The van der Waals surface area contributed by atoms with Crippen molar-refractivity contribution in [3.05, 3.63) is 24.0 Å². The minimum absolute atomic E-state index is 0.0713. The van der Waals surface area contributed by atoms with Gasteiger partial charge < -0.3 is 20.1 Å². The highest BCUT2D eigenvalue weighted by molar-refractivity contribution is 5.91. The van der Waals surface area contributed by atoms with Crippen molar-refractivity contribution in [1.29, 1.82) is 0 Å². The van der Waals surface area contributed by atoms with Crippen LogP contribution in [0.15, 0.2) is 18.2 Å². The van der Waals surface area contributed by atoms with Crippen molar-refractivity contribution in [2.45, 2.75) is 38.0 Å². The molecule has 0 spiro atoms. The first-order valence-corrected chi connectivity index (χ1v) is 6.82. The van der Waals surface area contributed by atoms with Crippen LogP contribution in [0.2, 0.25) is 0 Å². The number of hydrogen-bond donors (Lipinski definition) is 2. The number of amides is 2. The standard InChI is InChI=1S/C14H17F3N2O3/c1-21-10-4-3-9(7-10)18-14(20)19-11-6-8(15)2-5-12(11)22-13(16)17/h2,5-6,9-10,13H,3-4,7H2,1H3,(H2,18,19,20). The molecular weight excluding hydrogens is 301 g/mol. The molecule has 1 aliphatic carbocycles. The fourth-order valence-electron chi connectivity index (χ4n) is 2.43. The first-order valence-electron chi connectivity index (χ1n) is 6.82. The van der Waals surface area contributed by atoms with Gasteiger partial charge in [0.1, 0.15) is 11.6 Å². The molecule has 1 aromatic rings. The molecule has 0 aromatic heterocycles. The van der Waals surface area contributed by atoms with E-state index in [2.05, 4.69) is 15.4 Å². The van der Waals surface area contributed by atoms with Gasteiger partial charge in [0.25, 0.3) is 0 Å². The van der Waals surface area contributed by atoms with Gasteiger partial charge in [0, 0.05) is 19.2 Å². The number of halogens is 3. The third-order valence-electron chi connectivity index (χ3n) is 3.46. The van der Waals surface area contributed by atoms with E-state index in [9.17, 15) is 18.0 Å². The van der Waals surface area contributed by atoms with E-state index in [1.807, 2.05) is 0 Å². The Bertz CT molecular complexity index is 528. The van der Waals surface area contributed by atoms with Crippen molar-refractivity contribution >= 4 is 11.7 Å². The second-order valence-electron chi connectivity index (χ2n) is 4.99. The number of carbonyl (C=O) groups is 1. The van der Waals surface area contributed by atoms with Gasteiger partial charge in [0.2, 0.25) is 0 Å². The molecule has 1 saturated carbocycles. The van der Waals surface area contributed by atoms with Crippen LogP contribution in [0.4, 0.5) is 23.7 Å². The highest BCUT2D eigenvalue weighted by Crippen LogP contribution is 2.27. The van der Waals surface area contributed by atoms with Crippen molar-refractivity contribution in [1.82, 2.24) is 5.32 Å². The highest BCUT2D eigenvalue weighted by atomic mass is 19.3. The molecule has 8 heteroatoms. The van der Waals surface area contributed by atoms with Gasteiger partial charge in [-0.15, -0.1) is 0 Å². The quantitative estimate of drug-likeness (QED) is 0.877. The van der Waals surface area contributed by atoms with E-state index in [0.29, 0.717) is 6.42 Å². The van der Waals surface area contributed by atoms with E-state index in [1.54, 1.807) is 7.11 Å². The van der Waals surface area contributed by atoms with Crippen LogP contribution < -0.4 is 15.4 Å². The number of ether oxygens (including phenoxy) is 2. The average Bonchev–Trinajstić information content (AvgIpc) is 2.89. The lowest BCUT2D eigenvalue weighted by Crippen LogP contribution is -2.36. The summed E-state index contributed by atoms with van der Waals surface area (Å²) in [5.41, 5.74) is -0.154. The zero-order chi connectivity index (χ0) is 16.1. The van der Waals surface area contributed by atoms with E-state index in [-0.39, 0.29) is 23.6 Å². The second kappa shape index (κ2) is 7.35. The van der Waals surface area contributed by atoms with Gasteiger partial charge in [-0.25, -0.2) is 9.18 Å². The van der Waals surface area contributed by atoms with Gasteiger partial charge in [0.05, 0.1) is 11.8 Å². The molecule has 1 aliphatic rings. The Morgan fingerprint density at radius 1 is 1.36 bits per heavy atom. The lowest BCUT2D eigenvalue weighted by atomic mass is 10.2. The Balaban J connectivity index is 1.97. The molecule has 1 fully saturated rings. The lowest BCUT2D eigenvalue weighted by Gasteiger charge is -2.16. The van der Waals surface area contributed by atoms with E-state index in [1.165, 1.54) is 0 Å². The Morgan fingerprint density at radius 3 is 2.77 bits per heavy atom. The topological polar surface area (TPSA) is 59.6 Å². The Morgan fingerprint density at radius 2 is 2.14 bits per heavy atom. The molecule has 1 aromatic carbocycles. The summed E-state index contributed by atoms with van der Waals surface area (Å²) in [6.45, 7) is -3.06. The number of benzene rings is 1. The Labute approximate surface area is 125 Å². The number of nitrogens with one attached hydrogen (secondary N) is 2. The minimum Gasteiger partial charge on any atom is -0.433 e. The van der Waals surface area contributed by atoms with Crippen molar-refractivity contribution in [3.63, 3.8) is 0 Å². The lowest BCUT2D eigenvalue weighted by molar-refractivity contribution is -0.0494. The molecule has 0 radical (unpaired) electrons. The van der Waals surface area contributed by atoms with Crippen LogP contribution in [-0.4, -0.2) is 31.9 Å². The van der Waals surface area contributed by atoms with Crippen molar-refractivity contribution in [2.24, 2.45) is 0 Å². The third-order valence-corrected chi connectivity index (χ3v) is 3.46. The summed E-state index contributed by atoms with van der Waals surface area (Å²) in [7, 11) is 1.60. The summed E-state index contributed by atoms with van der Waals surface area (Å²) in [6.07, 6.45) is 2.36. The van der Waals surface area contributed by atoms with E-state index in [4.69, 9.17) is 4.74 Å². The molecule has 2 unspecified atom stereocenters. The monoisotopic (exact) mass is 318 g/mol. The molecule has 0 heterocycles. The van der Waals surface area contributed by atoms with Crippen molar-refractivity contribution in [2.75, 3.05) is 12.4 Å². The number of hydrogen-bond acceptors (Lipinski definition) is 3. The molecular formula is C14H17F3N2O3. The Hall–Kier alpha value is -1.96. The van der Waals surface area contributed by atoms with E-state index in [0.717, 1.165) is 31.0 Å². The molecule has 0 aliphatic heterocycles. The zero-order valence-electron chi connectivity index (χ0n) is 11.9. The number of urea groups is 1. The first kappa shape index (κ1) is 16.4. The maximum atomic E-state index is 13.2. The first-order chi connectivity index (χ1) is 10.5. The molecule has 5 nitrogen and oxygen atoms in total. The smallest absolute Gasteiger partial charge is 0.387 e. The molecule has 2 rings (SSSR count). The largest absolute Gasteiger partial charge is 0.433 e. The van der Waals surface area contributed by atoms with Crippen molar-refractivity contribution in [3.8, 4) is 5.75 Å². The average molecular weight is 318 g/mol. The molecule has 0 saturated heterocycles. The van der Waals surface area contributed by atoms with Crippen LogP contribution in [0.5, 0.6) is 5.75 Å². The molecule has 122 valence electrons. The summed E-state index contributed by atoms with van der Waals surface area (Å²) in [4.78, 5) is 11.9. The van der Waals surface area contributed by atoms with E-state index >= 15 is 0 Å². The number of alkyl halides is 2.